The van der Waals surface area contributed by atoms with Crippen molar-refractivity contribution in [1.29, 1.82) is 0 Å². The lowest BCUT2D eigenvalue weighted by atomic mass is 10.0. The van der Waals surface area contributed by atoms with Crippen LogP contribution in [0.4, 0.5) is 0 Å². The molecule has 3 aromatic rings. The van der Waals surface area contributed by atoms with Crippen molar-refractivity contribution in [2.24, 2.45) is 7.05 Å². The lowest BCUT2D eigenvalue weighted by Crippen LogP contribution is -2.27. The summed E-state index contributed by atoms with van der Waals surface area (Å²) in [4.78, 5) is 20.1. The Morgan fingerprint density at radius 3 is 2.59 bits per heavy atom. The summed E-state index contributed by atoms with van der Waals surface area (Å²) >= 11 is 1.32. The largest absolute Gasteiger partial charge is 0.347 e. The number of nitrogens with zero attached hydrogens (tertiary/aromatic N) is 3. The summed E-state index contributed by atoms with van der Waals surface area (Å²) < 4.78 is 30.3. The highest BCUT2D eigenvalue weighted by Gasteiger charge is 2.26. The number of nitrogens with one attached hydrogen (secondary N) is 1. The van der Waals surface area contributed by atoms with Crippen molar-refractivity contribution in [3.63, 3.8) is 0 Å². The fourth-order valence-electron chi connectivity index (χ4n) is 3.88. The SMILES string of the molecule is Cc1nc(-c2cc(S(=O)(=O)NC[C@H](C)c3ccccc3)cn2C)sc1C(=O)N1CCCC1. The number of aromatic nitrogens is 2. The Hall–Kier alpha value is -2.49. The van der Waals surface area contributed by atoms with Gasteiger partial charge in [0.05, 0.1) is 11.4 Å². The van der Waals surface area contributed by atoms with Crippen molar-refractivity contribution in [2.75, 3.05) is 19.6 Å². The monoisotopic (exact) mass is 472 g/mol. The van der Waals surface area contributed by atoms with E-state index >= 15 is 0 Å². The van der Waals surface area contributed by atoms with Crippen LogP contribution in [-0.2, 0) is 17.1 Å². The second-order valence-corrected chi connectivity index (χ2v) is 11.0. The molecule has 3 heterocycles. The second kappa shape index (κ2) is 9.17. The van der Waals surface area contributed by atoms with Gasteiger partial charge in [0, 0.05) is 32.9 Å². The van der Waals surface area contributed by atoms with Crippen LogP contribution < -0.4 is 4.72 Å². The van der Waals surface area contributed by atoms with Gasteiger partial charge in [0.25, 0.3) is 5.91 Å². The Balaban J connectivity index is 1.52. The third-order valence-corrected chi connectivity index (χ3v) is 8.40. The first-order valence-corrected chi connectivity index (χ1v) is 13.0. The number of rotatable bonds is 7. The predicted octanol–water partition coefficient (Wildman–Crippen LogP) is 3.78. The summed E-state index contributed by atoms with van der Waals surface area (Å²) in [5.41, 5.74) is 2.44. The van der Waals surface area contributed by atoms with Crippen LogP contribution >= 0.6 is 11.3 Å². The molecule has 32 heavy (non-hydrogen) atoms. The molecular formula is C23H28N4O3S2. The molecule has 7 nitrogen and oxygen atoms in total. The normalized spacial score (nSPS) is 15.3. The van der Waals surface area contributed by atoms with Crippen LogP contribution in [0.15, 0.2) is 47.5 Å². The van der Waals surface area contributed by atoms with E-state index in [1.807, 2.05) is 49.1 Å². The van der Waals surface area contributed by atoms with E-state index in [9.17, 15) is 13.2 Å². The fourth-order valence-corrected chi connectivity index (χ4v) is 6.17. The topological polar surface area (TPSA) is 84.3 Å². The van der Waals surface area contributed by atoms with E-state index in [4.69, 9.17) is 0 Å². The number of amides is 1. The Labute approximate surface area is 193 Å². The van der Waals surface area contributed by atoms with Gasteiger partial charge in [-0.3, -0.25) is 4.79 Å². The van der Waals surface area contributed by atoms with Crippen LogP contribution in [0, 0.1) is 6.92 Å². The number of carbonyl (C=O) groups excluding carboxylic acids is 1. The van der Waals surface area contributed by atoms with Crippen LogP contribution in [0.1, 0.15) is 46.6 Å². The van der Waals surface area contributed by atoms with E-state index in [-0.39, 0.29) is 16.7 Å². The minimum Gasteiger partial charge on any atom is -0.347 e. The van der Waals surface area contributed by atoms with E-state index in [0.717, 1.165) is 31.5 Å². The number of carbonyl (C=O) groups is 1. The third kappa shape index (κ3) is 4.65. The molecule has 2 aromatic heterocycles. The molecule has 1 atom stereocenters. The van der Waals surface area contributed by atoms with Gasteiger partial charge in [-0.2, -0.15) is 0 Å². The number of benzene rings is 1. The number of thiazole rings is 1. The molecule has 170 valence electrons. The zero-order valence-corrected chi connectivity index (χ0v) is 20.2. The maximum absolute atomic E-state index is 12.9. The average molecular weight is 473 g/mol. The van der Waals surface area contributed by atoms with E-state index in [0.29, 0.717) is 27.8 Å². The number of aryl methyl sites for hydroxylation is 2. The van der Waals surface area contributed by atoms with Gasteiger partial charge in [-0.15, -0.1) is 11.3 Å². The highest BCUT2D eigenvalue weighted by molar-refractivity contribution is 7.89. The van der Waals surface area contributed by atoms with E-state index in [1.54, 1.807) is 23.9 Å². The quantitative estimate of drug-likeness (QED) is 0.567. The predicted molar refractivity (Wildman–Crippen MR) is 126 cm³/mol. The molecule has 1 aliphatic heterocycles. The highest BCUT2D eigenvalue weighted by atomic mass is 32.2. The maximum Gasteiger partial charge on any atom is 0.265 e. The molecule has 1 aliphatic rings. The lowest BCUT2D eigenvalue weighted by molar-refractivity contribution is 0.0796. The first-order chi connectivity index (χ1) is 15.3. The summed E-state index contributed by atoms with van der Waals surface area (Å²) in [5.74, 6) is 0.0669. The number of hydrogen-bond acceptors (Lipinski definition) is 5. The Morgan fingerprint density at radius 1 is 1.22 bits per heavy atom. The van der Waals surface area contributed by atoms with E-state index in [1.165, 1.54) is 11.3 Å². The summed E-state index contributed by atoms with van der Waals surface area (Å²) in [6.45, 7) is 5.69. The van der Waals surface area contributed by atoms with Gasteiger partial charge < -0.3 is 9.47 Å². The Morgan fingerprint density at radius 2 is 1.91 bits per heavy atom. The molecule has 1 N–H and O–H groups in total. The molecule has 1 amide bonds. The van der Waals surface area contributed by atoms with Crippen LogP contribution in [0.3, 0.4) is 0 Å². The van der Waals surface area contributed by atoms with Gasteiger partial charge in [0.1, 0.15) is 14.8 Å². The highest BCUT2D eigenvalue weighted by Crippen LogP contribution is 2.31. The summed E-state index contributed by atoms with van der Waals surface area (Å²) in [7, 11) is -1.88. The van der Waals surface area contributed by atoms with Crippen molar-refractivity contribution in [3.05, 3.63) is 58.7 Å². The van der Waals surface area contributed by atoms with Gasteiger partial charge >= 0.3 is 0 Å². The zero-order valence-electron chi connectivity index (χ0n) is 18.5. The van der Waals surface area contributed by atoms with Crippen molar-refractivity contribution < 1.29 is 13.2 Å². The number of sulfonamides is 1. The van der Waals surface area contributed by atoms with Gasteiger partial charge in [-0.1, -0.05) is 37.3 Å². The van der Waals surface area contributed by atoms with Crippen LogP contribution in [-0.4, -0.2) is 48.4 Å². The molecule has 0 radical (unpaired) electrons. The summed E-state index contributed by atoms with van der Waals surface area (Å²) in [5, 5.41) is 0.645. The molecule has 1 fully saturated rings. The molecule has 0 saturated carbocycles. The first kappa shape index (κ1) is 22.7. The smallest absolute Gasteiger partial charge is 0.265 e. The second-order valence-electron chi connectivity index (χ2n) is 8.27. The van der Waals surface area contributed by atoms with Crippen LogP contribution in [0.5, 0.6) is 0 Å². The molecule has 9 heteroatoms. The van der Waals surface area contributed by atoms with Gasteiger partial charge in [-0.05, 0) is 37.3 Å². The molecule has 0 aliphatic carbocycles. The Bertz CT molecular complexity index is 1210. The van der Waals surface area contributed by atoms with Gasteiger partial charge in [-0.25, -0.2) is 18.1 Å². The van der Waals surface area contributed by atoms with Crippen molar-refractivity contribution in [1.82, 2.24) is 19.2 Å². The molecular weight excluding hydrogens is 444 g/mol. The van der Waals surface area contributed by atoms with Crippen molar-refractivity contribution >= 4 is 27.3 Å². The number of likely N-dealkylation sites (tertiary alicyclic amines) is 1. The molecule has 1 saturated heterocycles. The van der Waals surface area contributed by atoms with Gasteiger partial charge in [0.15, 0.2) is 0 Å². The zero-order chi connectivity index (χ0) is 22.9. The molecule has 0 bridgehead atoms. The van der Waals surface area contributed by atoms with Gasteiger partial charge in [0.2, 0.25) is 10.0 Å². The fraction of sp³-hybridized carbons (Fsp3) is 0.391. The lowest BCUT2D eigenvalue weighted by Gasteiger charge is -2.13. The minimum atomic E-state index is -3.67. The van der Waals surface area contributed by atoms with Crippen molar-refractivity contribution in [2.45, 2.75) is 37.5 Å². The summed E-state index contributed by atoms with van der Waals surface area (Å²) in [6, 6.07) is 11.4. The molecule has 0 unspecified atom stereocenters. The maximum atomic E-state index is 12.9. The van der Waals surface area contributed by atoms with Crippen LogP contribution in [0.25, 0.3) is 10.7 Å². The standard InChI is InChI=1S/C23H28N4O3S2/c1-16(18-9-5-4-6-10-18)14-24-32(29,30)19-13-20(26(3)15-19)22-25-17(2)21(31-22)23(28)27-11-7-8-12-27/h4-6,9-10,13,15-16,24H,7-8,11-12,14H2,1-3H3/t16-/m0/s1. The minimum absolute atomic E-state index is 0.0161. The average Bonchev–Trinajstić information content (AvgIpc) is 3.52. The van der Waals surface area contributed by atoms with Crippen molar-refractivity contribution in [3.8, 4) is 10.7 Å². The first-order valence-electron chi connectivity index (χ1n) is 10.7. The molecule has 4 rings (SSSR count). The van der Waals surface area contributed by atoms with Crippen LogP contribution in [0.2, 0.25) is 0 Å². The Kier molecular flexibility index (Phi) is 6.50. The number of hydrogen-bond donors (Lipinski definition) is 1. The van der Waals surface area contributed by atoms with E-state index in [2.05, 4.69) is 9.71 Å². The molecule has 1 aromatic carbocycles. The third-order valence-electron chi connectivity index (χ3n) is 5.84. The molecule has 0 spiro atoms. The van der Waals surface area contributed by atoms with E-state index < -0.39 is 10.0 Å². The summed E-state index contributed by atoms with van der Waals surface area (Å²) in [6.07, 6.45) is 3.65.